The van der Waals surface area contributed by atoms with Crippen molar-refractivity contribution in [1.82, 2.24) is 10.3 Å². The number of aliphatic hydroxyl groups excluding tert-OH is 1. The predicted molar refractivity (Wildman–Crippen MR) is 66.5 cm³/mol. The summed E-state index contributed by atoms with van der Waals surface area (Å²) in [6, 6.07) is -0.439. The third kappa shape index (κ3) is 3.87. The number of carboxylic acids is 1. The standard InChI is InChI=1S/C10H10ClN3O6/c11-8-6(3-5(4-12-8)14(19)20)9(16)13-7(1-2-15)10(17)18/h3-4,7,15H,1-2H2,(H,13,16)(H,17,18)/t7-/m0/s1. The number of nitrogens with zero attached hydrogens (tertiary/aromatic N) is 2. The number of carbonyl (C=O) groups is 2. The average Bonchev–Trinajstić information content (AvgIpc) is 2.38. The van der Waals surface area contributed by atoms with E-state index in [-0.39, 0.29) is 17.1 Å². The molecule has 0 spiro atoms. The van der Waals surface area contributed by atoms with Gasteiger partial charge in [-0.05, 0) is 0 Å². The monoisotopic (exact) mass is 303 g/mol. The largest absolute Gasteiger partial charge is 0.480 e. The first-order chi connectivity index (χ1) is 9.36. The number of halogens is 1. The van der Waals surface area contributed by atoms with Gasteiger partial charge in [0.1, 0.15) is 17.4 Å². The maximum absolute atomic E-state index is 11.8. The van der Waals surface area contributed by atoms with E-state index in [9.17, 15) is 19.7 Å². The van der Waals surface area contributed by atoms with Crippen molar-refractivity contribution >= 4 is 29.2 Å². The van der Waals surface area contributed by atoms with E-state index in [4.69, 9.17) is 21.8 Å². The number of pyridine rings is 1. The van der Waals surface area contributed by atoms with Gasteiger partial charge in [0.2, 0.25) is 0 Å². The molecule has 0 saturated heterocycles. The number of hydrogen-bond donors (Lipinski definition) is 3. The minimum atomic E-state index is -1.35. The number of carbonyl (C=O) groups excluding carboxylic acids is 1. The van der Waals surface area contributed by atoms with Crippen LogP contribution in [0.15, 0.2) is 12.3 Å². The quantitative estimate of drug-likeness (QED) is 0.387. The molecule has 20 heavy (non-hydrogen) atoms. The van der Waals surface area contributed by atoms with Crippen LogP contribution < -0.4 is 5.32 Å². The summed E-state index contributed by atoms with van der Waals surface area (Å²) in [5, 5.41) is 29.9. The molecule has 0 saturated carbocycles. The van der Waals surface area contributed by atoms with Gasteiger partial charge >= 0.3 is 5.97 Å². The van der Waals surface area contributed by atoms with Crippen LogP contribution in [0.4, 0.5) is 5.69 Å². The van der Waals surface area contributed by atoms with Crippen LogP contribution in [0.2, 0.25) is 5.15 Å². The zero-order valence-corrected chi connectivity index (χ0v) is 10.7. The van der Waals surface area contributed by atoms with Crippen LogP contribution in [0.1, 0.15) is 16.8 Å². The molecule has 1 aromatic heterocycles. The second-order valence-corrected chi connectivity index (χ2v) is 4.02. The second-order valence-electron chi connectivity index (χ2n) is 3.67. The predicted octanol–water partition coefficient (Wildman–Crippen LogP) is 0.209. The van der Waals surface area contributed by atoms with E-state index < -0.39 is 35.1 Å². The maximum Gasteiger partial charge on any atom is 0.326 e. The molecule has 0 aliphatic carbocycles. The van der Waals surface area contributed by atoms with Crippen molar-refractivity contribution in [3.63, 3.8) is 0 Å². The van der Waals surface area contributed by atoms with Gasteiger partial charge in [-0.15, -0.1) is 0 Å². The van der Waals surface area contributed by atoms with Gasteiger partial charge in [-0.25, -0.2) is 9.78 Å². The highest BCUT2D eigenvalue weighted by Gasteiger charge is 2.23. The topological polar surface area (TPSA) is 143 Å². The molecule has 0 aliphatic heterocycles. The highest BCUT2D eigenvalue weighted by Crippen LogP contribution is 2.19. The number of aliphatic carboxylic acids is 1. The van der Waals surface area contributed by atoms with Crippen LogP contribution in [-0.2, 0) is 4.79 Å². The van der Waals surface area contributed by atoms with E-state index in [0.717, 1.165) is 12.3 Å². The lowest BCUT2D eigenvalue weighted by Gasteiger charge is -2.13. The fourth-order valence-corrected chi connectivity index (χ4v) is 1.51. The second kappa shape index (κ2) is 6.78. The molecule has 0 bridgehead atoms. The van der Waals surface area contributed by atoms with Crippen LogP contribution in [0.25, 0.3) is 0 Å². The minimum absolute atomic E-state index is 0.207. The van der Waals surface area contributed by atoms with Crippen molar-refractivity contribution in [1.29, 1.82) is 0 Å². The van der Waals surface area contributed by atoms with Crippen molar-refractivity contribution in [2.45, 2.75) is 12.5 Å². The Kier molecular flexibility index (Phi) is 5.35. The Morgan fingerprint density at radius 1 is 1.55 bits per heavy atom. The lowest BCUT2D eigenvalue weighted by atomic mass is 10.2. The maximum atomic E-state index is 11.8. The van der Waals surface area contributed by atoms with E-state index in [2.05, 4.69) is 10.3 Å². The number of rotatable bonds is 6. The van der Waals surface area contributed by atoms with Crippen molar-refractivity contribution in [3.8, 4) is 0 Å². The fourth-order valence-electron chi connectivity index (χ4n) is 1.32. The Morgan fingerprint density at radius 3 is 2.70 bits per heavy atom. The van der Waals surface area contributed by atoms with Gasteiger partial charge in [0, 0.05) is 19.1 Å². The molecular weight excluding hydrogens is 294 g/mol. The van der Waals surface area contributed by atoms with Gasteiger partial charge in [-0.2, -0.15) is 0 Å². The van der Waals surface area contributed by atoms with Gasteiger partial charge in [-0.3, -0.25) is 14.9 Å². The van der Waals surface area contributed by atoms with Gasteiger partial charge in [0.05, 0.1) is 10.5 Å². The number of aromatic nitrogens is 1. The number of aliphatic hydroxyl groups is 1. The van der Waals surface area contributed by atoms with Gasteiger partial charge in [-0.1, -0.05) is 11.6 Å². The normalized spacial score (nSPS) is 11.7. The van der Waals surface area contributed by atoms with Crippen LogP contribution in [0, 0.1) is 10.1 Å². The summed E-state index contributed by atoms with van der Waals surface area (Å²) in [5.41, 5.74) is -0.765. The fraction of sp³-hybridized carbons (Fsp3) is 0.300. The van der Waals surface area contributed by atoms with Gasteiger partial charge in [0.25, 0.3) is 11.6 Å². The summed E-state index contributed by atoms with van der Waals surface area (Å²) in [6.45, 7) is -0.446. The molecule has 0 unspecified atom stereocenters. The lowest BCUT2D eigenvalue weighted by molar-refractivity contribution is -0.385. The van der Waals surface area contributed by atoms with E-state index in [1.807, 2.05) is 0 Å². The van der Waals surface area contributed by atoms with Crippen molar-refractivity contribution < 1.29 is 24.7 Å². The third-order valence-electron chi connectivity index (χ3n) is 2.30. The molecule has 10 heteroatoms. The smallest absolute Gasteiger partial charge is 0.326 e. The number of nitro groups is 1. The Balaban J connectivity index is 2.99. The van der Waals surface area contributed by atoms with Crippen LogP contribution in [0.5, 0.6) is 0 Å². The molecule has 1 aromatic rings. The number of nitrogens with one attached hydrogen (secondary N) is 1. The zero-order valence-electron chi connectivity index (χ0n) is 9.95. The SMILES string of the molecule is O=C(N[C@@H](CCO)C(=O)O)c1cc([N+](=O)[O-])cnc1Cl. The molecule has 1 amide bonds. The number of carboxylic acid groups (broad SMARTS) is 1. The highest BCUT2D eigenvalue weighted by molar-refractivity contribution is 6.32. The molecule has 1 heterocycles. The molecular formula is C10H10ClN3O6. The Hall–Kier alpha value is -2.26. The summed E-state index contributed by atoms with van der Waals surface area (Å²) in [6.07, 6.45) is 0.669. The zero-order chi connectivity index (χ0) is 15.3. The first kappa shape index (κ1) is 15.8. The number of hydrogen-bond acceptors (Lipinski definition) is 6. The summed E-state index contributed by atoms with van der Waals surface area (Å²) >= 11 is 5.64. The van der Waals surface area contributed by atoms with Crippen LogP contribution in [0.3, 0.4) is 0 Å². The molecule has 3 N–H and O–H groups in total. The number of amides is 1. The van der Waals surface area contributed by atoms with Crippen molar-refractivity contribution in [2.24, 2.45) is 0 Å². The van der Waals surface area contributed by atoms with Crippen LogP contribution >= 0.6 is 11.6 Å². The highest BCUT2D eigenvalue weighted by atomic mass is 35.5. The molecule has 1 rings (SSSR count). The summed E-state index contributed by atoms with van der Waals surface area (Å²) in [7, 11) is 0. The Morgan fingerprint density at radius 2 is 2.20 bits per heavy atom. The van der Waals surface area contributed by atoms with Crippen molar-refractivity contribution in [3.05, 3.63) is 33.1 Å². The molecule has 1 atom stereocenters. The average molecular weight is 304 g/mol. The first-order valence-corrected chi connectivity index (χ1v) is 5.69. The molecule has 0 aliphatic rings. The lowest BCUT2D eigenvalue weighted by Crippen LogP contribution is -2.41. The summed E-state index contributed by atoms with van der Waals surface area (Å²) in [5.74, 6) is -2.27. The molecule has 0 aromatic carbocycles. The van der Waals surface area contributed by atoms with Gasteiger partial charge < -0.3 is 15.5 Å². The van der Waals surface area contributed by atoms with E-state index in [1.54, 1.807) is 0 Å². The molecule has 108 valence electrons. The van der Waals surface area contributed by atoms with Crippen LogP contribution in [-0.4, -0.2) is 44.6 Å². The minimum Gasteiger partial charge on any atom is -0.480 e. The summed E-state index contributed by atoms with van der Waals surface area (Å²) < 4.78 is 0. The van der Waals surface area contributed by atoms with E-state index >= 15 is 0 Å². The Labute approximate surface area is 117 Å². The molecule has 9 nitrogen and oxygen atoms in total. The summed E-state index contributed by atoms with van der Waals surface area (Å²) in [4.78, 5) is 36.0. The molecule has 0 fully saturated rings. The van der Waals surface area contributed by atoms with E-state index in [1.165, 1.54) is 0 Å². The van der Waals surface area contributed by atoms with E-state index in [0.29, 0.717) is 0 Å². The Bertz CT molecular complexity index is 550. The van der Waals surface area contributed by atoms with Crippen molar-refractivity contribution in [2.75, 3.05) is 6.61 Å². The third-order valence-corrected chi connectivity index (χ3v) is 2.60. The first-order valence-electron chi connectivity index (χ1n) is 5.31. The molecule has 0 radical (unpaired) electrons. The van der Waals surface area contributed by atoms with Gasteiger partial charge in [0.15, 0.2) is 0 Å².